The number of carbonyl (C=O) groups excluding carboxylic acids is 1. The van der Waals surface area contributed by atoms with Crippen LogP contribution in [0.25, 0.3) is 0 Å². The third kappa shape index (κ3) is 4.37. The molecule has 2 N–H and O–H groups in total. The van der Waals surface area contributed by atoms with Gasteiger partial charge >= 0.3 is 6.18 Å². The molecule has 0 fully saturated rings. The van der Waals surface area contributed by atoms with Crippen LogP contribution in [0, 0.1) is 11.6 Å². The quantitative estimate of drug-likeness (QED) is 0.645. The maximum atomic E-state index is 13.4. The van der Waals surface area contributed by atoms with Crippen LogP contribution in [0.15, 0.2) is 30.5 Å². The van der Waals surface area contributed by atoms with Crippen LogP contribution in [-0.4, -0.2) is 29.0 Å². The predicted octanol–water partition coefficient (Wildman–Crippen LogP) is 2.62. The molecular formula is C14H11F5N4O. The molecule has 1 aromatic heterocycles. The van der Waals surface area contributed by atoms with E-state index in [1.165, 1.54) is 0 Å². The van der Waals surface area contributed by atoms with E-state index in [0.717, 1.165) is 24.4 Å². The number of amides is 1. The zero-order valence-electron chi connectivity index (χ0n) is 12.0. The zero-order valence-corrected chi connectivity index (χ0v) is 12.0. The van der Waals surface area contributed by atoms with Gasteiger partial charge < -0.3 is 10.6 Å². The fourth-order valence-electron chi connectivity index (χ4n) is 1.76. The van der Waals surface area contributed by atoms with E-state index in [-0.39, 0.29) is 19.0 Å². The topological polar surface area (TPSA) is 66.9 Å². The summed E-state index contributed by atoms with van der Waals surface area (Å²) in [5.41, 5.74) is -1.84. The Morgan fingerprint density at radius 3 is 2.38 bits per heavy atom. The summed E-state index contributed by atoms with van der Waals surface area (Å²) in [5.74, 6) is -3.28. The highest BCUT2D eigenvalue weighted by Crippen LogP contribution is 2.27. The van der Waals surface area contributed by atoms with Crippen LogP contribution in [0.2, 0.25) is 0 Å². The Bertz CT molecular complexity index is 715. The molecule has 0 unspecified atom stereocenters. The van der Waals surface area contributed by atoms with Gasteiger partial charge in [0.1, 0.15) is 22.9 Å². The van der Waals surface area contributed by atoms with E-state index in [4.69, 9.17) is 0 Å². The van der Waals surface area contributed by atoms with Crippen molar-refractivity contribution in [3.05, 3.63) is 53.4 Å². The highest BCUT2D eigenvalue weighted by Gasteiger charge is 2.32. The van der Waals surface area contributed by atoms with E-state index >= 15 is 0 Å². The molecule has 0 bridgehead atoms. The van der Waals surface area contributed by atoms with Crippen LogP contribution in [-0.2, 0) is 6.18 Å². The Labute approximate surface area is 132 Å². The number of hydrogen-bond acceptors (Lipinski definition) is 4. The van der Waals surface area contributed by atoms with Crippen LogP contribution >= 0.6 is 0 Å². The molecule has 1 amide bonds. The highest BCUT2D eigenvalue weighted by atomic mass is 19.4. The van der Waals surface area contributed by atoms with E-state index in [2.05, 4.69) is 20.6 Å². The third-order valence-electron chi connectivity index (χ3n) is 2.83. The van der Waals surface area contributed by atoms with Gasteiger partial charge in [0.05, 0.1) is 0 Å². The summed E-state index contributed by atoms with van der Waals surface area (Å²) in [7, 11) is 0. The second-order valence-electron chi connectivity index (χ2n) is 4.54. The standard InChI is InChI=1S/C14H11F5N4O/c15-8-2-1-3-9(16)11(8)12(24)20-6-7-22-13-21-5-4-10(23-13)14(17,18)19/h1-5H,6-7H2,(H,20,24)(H,21,22,23). The second kappa shape index (κ2) is 7.20. The molecule has 0 saturated carbocycles. The summed E-state index contributed by atoms with van der Waals surface area (Å²) in [6.07, 6.45) is -3.67. The molecule has 0 radical (unpaired) electrons. The van der Waals surface area contributed by atoms with Gasteiger partial charge in [0.25, 0.3) is 5.91 Å². The lowest BCUT2D eigenvalue weighted by Gasteiger charge is -2.09. The lowest BCUT2D eigenvalue weighted by molar-refractivity contribution is -0.141. The molecular weight excluding hydrogens is 335 g/mol. The number of rotatable bonds is 5. The molecule has 0 aliphatic heterocycles. The molecule has 5 nitrogen and oxygen atoms in total. The molecule has 24 heavy (non-hydrogen) atoms. The van der Waals surface area contributed by atoms with Gasteiger partial charge in [0, 0.05) is 19.3 Å². The average Bonchev–Trinajstić information content (AvgIpc) is 2.51. The van der Waals surface area contributed by atoms with E-state index in [1.807, 2.05) is 0 Å². The van der Waals surface area contributed by atoms with Crippen molar-refractivity contribution >= 4 is 11.9 Å². The number of nitrogens with one attached hydrogen (secondary N) is 2. The minimum atomic E-state index is -4.60. The molecule has 0 spiro atoms. The molecule has 10 heteroatoms. The average molecular weight is 346 g/mol. The SMILES string of the molecule is O=C(NCCNc1nccc(C(F)(F)F)n1)c1c(F)cccc1F. The minimum Gasteiger partial charge on any atom is -0.352 e. The minimum absolute atomic E-state index is 0.0386. The fourth-order valence-corrected chi connectivity index (χ4v) is 1.76. The first-order chi connectivity index (χ1) is 11.3. The Hall–Kier alpha value is -2.78. The first-order valence-electron chi connectivity index (χ1n) is 6.65. The molecule has 0 aliphatic rings. The number of aromatic nitrogens is 2. The Kier molecular flexibility index (Phi) is 5.27. The normalized spacial score (nSPS) is 11.2. The Balaban J connectivity index is 1.88. The monoisotopic (exact) mass is 346 g/mol. The summed E-state index contributed by atoms with van der Waals surface area (Å²) in [5, 5.41) is 4.71. The van der Waals surface area contributed by atoms with E-state index in [1.54, 1.807) is 0 Å². The van der Waals surface area contributed by atoms with Gasteiger partial charge in [0.2, 0.25) is 5.95 Å². The van der Waals surface area contributed by atoms with Crippen molar-refractivity contribution < 1.29 is 26.7 Å². The smallest absolute Gasteiger partial charge is 0.352 e. The van der Waals surface area contributed by atoms with Gasteiger partial charge in [0.15, 0.2) is 0 Å². The first-order valence-corrected chi connectivity index (χ1v) is 6.65. The second-order valence-corrected chi connectivity index (χ2v) is 4.54. The van der Waals surface area contributed by atoms with Gasteiger partial charge in [-0.2, -0.15) is 13.2 Å². The van der Waals surface area contributed by atoms with Gasteiger partial charge in [-0.05, 0) is 18.2 Å². The lowest BCUT2D eigenvalue weighted by atomic mass is 10.2. The number of alkyl halides is 3. The number of hydrogen-bond donors (Lipinski definition) is 2. The van der Waals surface area contributed by atoms with Crippen molar-refractivity contribution in [1.29, 1.82) is 0 Å². The van der Waals surface area contributed by atoms with Crippen molar-refractivity contribution in [1.82, 2.24) is 15.3 Å². The lowest BCUT2D eigenvalue weighted by Crippen LogP contribution is -2.30. The van der Waals surface area contributed by atoms with Gasteiger partial charge in [-0.1, -0.05) is 6.07 Å². The largest absolute Gasteiger partial charge is 0.433 e. The highest BCUT2D eigenvalue weighted by molar-refractivity contribution is 5.94. The summed E-state index contributed by atoms with van der Waals surface area (Å²) >= 11 is 0. The Morgan fingerprint density at radius 1 is 1.08 bits per heavy atom. The molecule has 2 rings (SSSR count). The van der Waals surface area contributed by atoms with Crippen molar-refractivity contribution in [3.63, 3.8) is 0 Å². The van der Waals surface area contributed by atoms with E-state index in [9.17, 15) is 26.7 Å². The Morgan fingerprint density at radius 2 is 1.75 bits per heavy atom. The van der Waals surface area contributed by atoms with Crippen LogP contribution in [0.4, 0.5) is 27.9 Å². The summed E-state index contributed by atoms with van der Waals surface area (Å²) < 4.78 is 64.2. The summed E-state index contributed by atoms with van der Waals surface area (Å²) in [4.78, 5) is 18.6. The maximum Gasteiger partial charge on any atom is 0.433 e. The van der Waals surface area contributed by atoms with Crippen molar-refractivity contribution in [2.24, 2.45) is 0 Å². The zero-order chi connectivity index (χ0) is 17.7. The third-order valence-corrected chi connectivity index (χ3v) is 2.83. The molecule has 1 heterocycles. The fraction of sp³-hybridized carbons (Fsp3) is 0.214. The van der Waals surface area contributed by atoms with Crippen LogP contribution < -0.4 is 10.6 Å². The van der Waals surface area contributed by atoms with Gasteiger partial charge in [-0.25, -0.2) is 18.7 Å². The van der Waals surface area contributed by atoms with Crippen molar-refractivity contribution in [2.45, 2.75) is 6.18 Å². The van der Waals surface area contributed by atoms with E-state index < -0.39 is 35.0 Å². The van der Waals surface area contributed by atoms with Crippen molar-refractivity contribution in [3.8, 4) is 0 Å². The van der Waals surface area contributed by atoms with Gasteiger partial charge in [-0.3, -0.25) is 4.79 Å². The molecule has 0 saturated heterocycles. The van der Waals surface area contributed by atoms with Crippen LogP contribution in [0.5, 0.6) is 0 Å². The molecule has 1 aromatic carbocycles. The summed E-state index contributed by atoms with van der Waals surface area (Å²) in [6.45, 7) is -0.144. The number of benzene rings is 1. The summed E-state index contributed by atoms with van der Waals surface area (Å²) in [6, 6.07) is 3.71. The first kappa shape index (κ1) is 17.6. The van der Waals surface area contributed by atoms with Gasteiger partial charge in [-0.15, -0.1) is 0 Å². The number of anilines is 1. The van der Waals surface area contributed by atoms with Crippen LogP contribution in [0.3, 0.4) is 0 Å². The number of nitrogens with zero attached hydrogens (tertiary/aromatic N) is 2. The predicted molar refractivity (Wildman–Crippen MR) is 74.2 cm³/mol. The number of carbonyl (C=O) groups is 1. The molecule has 0 atom stereocenters. The number of halogens is 5. The maximum absolute atomic E-state index is 13.4. The van der Waals surface area contributed by atoms with E-state index in [0.29, 0.717) is 6.07 Å². The molecule has 2 aromatic rings. The van der Waals surface area contributed by atoms with Crippen LogP contribution in [0.1, 0.15) is 16.1 Å². The molecule has 128 valence electrons. The molecule has 0 aliphatic carbocycles. The van der Waals surface area contributed by atoms with Crippen molar-refractivity contribution in [2.75, 3.05) is 18.4 Å².